The summed E-state index contributed by atoms with van der Waals surface area (Å²) in [5.41, 5.74) is 0.823. The Morgan fingerprint density at radius 3 is 2.20 bits per heavy atom. The lowest BCUT2D eigenvalue weighted by atomic mass is 10.1. The number of rotatable bonds is 11. The smallest absolute Gasteiger partial charge is 0.244 e. The van der Waals surface area contributed by atoms with Gasteiger partial charge in [0.2, 0.25) is 21.8 Å². The minimum Gasteiger partial charge on any atom is -0.354 e. The van der Waals surface area contributed by atoms with Crippen LogP contribution in [0, 0.1) is 5.92 Å². The van der Waals surface area contributed by atoms with Crippen LogP contribution < -0.4 is 9.62 Å². The molecular weight excluding hydrogens is 533 g/mol. The van der Waals surface area contributed by atoms with Gasteiger partial charge in [0, 0.05) is 18.1 Å². The van der Waals surface area contributed by atoms with Crippen LogP contribution in [0.2, 0.25) is 15.1 Å². The molecule has 2 rings (SSSR count). The Morgan fingerprint density at radius 2 is 1.66 bits per heavy atom. The summed E-state index contributed by atoms with van der Waals surface area (Å²) in [5.74, 6) is -0.647. The second kappa shape index (κ2) is 12.8. The molecule has 2 aromatic carbocycles. The van der Waals surface area contributed by atoms with Crippen LogP contribution in [0.15, 0.2) is 42.5 Å². The molecule has 11 heteroatoms. The third-order valence-electron chi connectivity index (χ3n) is 5.22. The number of hydrogen-bond donors (Lipinski definition) is 1. The Hall–Kier alpha value is -2.00. The molecule has 0 aliphatic carbocycles. The molecule has 1 atom stereocenters. The lowest BCUT2D eigenvalue weighted by Gasteiger charge is -2.33. The molecule has 0 aromatic heterocycles. The van der Waals surface area contributed by atoms with Crippen molar-refractivity contribution in [1.29, 1.82) is 0 Å². The number of anilines is 1. The van der Waals surface area contributed by atoms with Crippen LogP contribution in [0.1, 0.15) is 32.8 Å². The largest absolute Gasteiger partial charge is 0.354 e. The van der Waals surface area contributed by atoms with Crippen molar-refractivity contribution in [3.8, 4) is 0 Å². The van der Waals surface area contributed by atoms with E-state index < -0.39 is 28.5 Å². The normalized spacial score (nSPS) is 12.3. The standard InChI is InChI=1S/C24H30Cl3N3O4S/c1-5-20(24(32)28-13-16(2)3)29(14-17-9-11-18(25)12-10-17)22(31)15-30(35(4,33)34)21-8-6-7-19(26)23(21)27/h6-12,16,20H,5,13-15H2,1-4H3,(H,28,32)/t20-/m0/s1. The van der Waals surface area contributed by atoms with E-state index in [1.165, 1.54) is 17.0 Å². The Labute approximate surface area is 222 Å². The summed E-state index contributed by atoms with van der Waals surface area (Å²) < 4.78 is 26.2. The van der Waals surface area contributed by atoms with E-state index in [1.54, 1.807) is 37.3 Å². The molecule has 0 bridgehead atoms. The van der Waals surface area contributed by atoms with Gasteiger partial charge in [-0.15, -0.1) is 0 Å². The molecule has 0 saturated heterocycles. The van der Waals surface area contributed by atoms with Crippen LogP contribution >= 0.6 is 34.8 Å². The number of sulfonamides is 1. The molecule has 192 valence electrons. The zero-order chi connectivity index (χ0) is 26.3. The van der Waals surface area contributed by atoms with Gasteiger partial charge >= 0.3 is 0 Å². The fraction of sp³-hybridized carbons (Fsp3) is 0.417. The molecule has 0 aliphatic rings. The highest BCUT2D eigenvalue weighted by molar-refractivity contribution is 7.92. The van der Waals surface area contributed by atoms with E-state index in [1.807, 2.05) is 13.8 Å². The predicted octanol–water partition coefficient (Wildman–Crippen LogP) is 4.99. The van der Waals surface area contributed by atoms with Crippen molar-refractivity contribution in [3.05, 3.63) is 63.1 Å². The van der Waals surface area contributed by atoms with Crippen molar-refractivity contribution in [2.24, 2.45) is 5.92 Å². The first-order chi connectivity index (χ1) is 16.3. The van der Waals surface area contributed by atoms with Gasteiger partial charge in [-0.3, -0.25) is 13.9 Å². The first kappa shape index (κ1) is 29.2. The van der Waals surface area contributed by atoms with Gasteiger partial charge in [0.15, 0.2) is 0 Å². The quantitative estimate of drug-likeness (QED) is 0.418. The minimum atomic E-state index is -3.91. The first-order valence-corrected chi connectivity index (χ1v) is 14.1. The highest BCUT2D eigenvalue weighted by Gasteiger charge is 2.32. The second-order valence-electron chi connectivity index (χ2n) is 8.55. The summed E-state index contributed by atoms with van der Waals surface area (Å²) >= 11 is 18.4. The number of amides is 2. The van der Waals surface area contributed by atoms with Crippen LogP contribution in [-0.2, 0) is 26.2 Å². The summed E-state index contributed by atoms with van der Waals surface area (Å²) in [6.45, 7) is 5.72. The average Bonchev–Trinajstić information content (AvgIpc) is 2.78. The number of nitrogens with zero attached hydrogens (tertiary/aromatic N) is 2. The third-order valence-corrected chi connectivity index (χ3v) is 7.40. The number of benzene rings is 2. The Bertz CT molecular complexity index is 1140. The molecule has 0 fully saturated rings. The van der Waals surface area contributed by atoms with Crippen molar-refractivity contribution in [2.75, 3.05) is 23.7 Å². The van der Waals surface area contributed by atoms with Gasteiger partial charge in [0.05, 0.1) is 22.0 Å². The van der Waals surface area contributed by atoms with Crippen LogP contribution in [0.3, 0.4) is 0 Å². The lowest BCUT2D eigenvalue weighted by Crippen LogP contribution is -2.52. The monoisotopic (exact) mass is 561 g/mol. The lowest BCUT2D eigenvalue weighted by molar-refractivity contribution is -0.140. The van der Waals surface area contributed by atoms with Crippen molar-refractivity contribution >= 4 is 62.3 Å². The van der Waals surface area contributed by atoms with Gasteiger partial charge in [-0.1, -0.05) is 73.8 Å². The molecule has 1 N–H and O–H groups in total. The van der Waals surface area contributed by atoms with E-state index in [-0.39, 0.29) is 34.1 Å². The number of nitrogens with one attached hydrogen (secondary N) is 1. The minimum absolute atomic E-state index is 0.0124. The van der Waals surface area contributed by atoms with Gasteiger partial charge in [0.1, 0.15) is 12.6 Å². The summed E-state index contributed by atoms with van der Waals surface area (Å²) in [6, 6.07) is 10.6. The van der Waals surface area contributed by atoms with Crippen LogP contribution in [0.5, 0.6) is 0 Å². The maximum absolute atomic E-state index is 13.6. The zero-order valence-corrected chi connectivity index (χ0v) is 23.2. The Balaban J connectivity index is 2.45. The molecule has 0 radical (unpaired) electrons. The van der Waals surface area contributed by atoms with Crippen molar-refractivity contribution in [2.45, 2.75) is 39.8 Å². The van der Waals surface area contributed by atoms with E-state index in [0.29, 0.717) is 18.0 Å². The molecule has 0 aliphatic heterocycles. The van der Waals surface area contributed by atoms with Crippen molar-refractivity contribution in [1.82, 2.24) is 10.2 Å². The summed E-state index contributed by atoms with van der Waals surface area (Å²) in [4.78, 5) is 28.0. The van der Waals surface area contributed by atoms with E-state index in [4.69, 9.17) is 34.8 Å². The molecule has 0 unspecified atom stereocenters. The number of carbonyl (C=O) groups is 2. The van der Waals surface area contributed by atoms with Gasteiger partial charge in [-0.2, -0.15) is 0 Å². The van der Waals surface area contributed by atoms with Gasteiger partial charge in [-0.05, 0) is 42.2 Å². The third kappa shape index (κ3) is 8.27. The molecule has 0 heterocycles. The number of carbonyl (C=O) groups excluding carboxylic acids is 2. The van der Waals surface area contributed by atoms with Crippen LogP contribution in [-0.4, -0.2) is 50.5 Å². The summed E-state index contributed by atoms with van der Waals surface area (Å²) in [5, 5.41) is 3.57. The van der Waals surface area contributed by atoms with Gasteiger partial charge < -0.3 is 10.2 Å². The van der Waals surface area contributed by atoms with E-state index in [0.717, 1.165) is 16.1 Å². The predicted molar refractivity (Wildman–Crippen MR) is 143 cm³/mol. The van der Waals surface area contributed by atoms with Crippen LogP contribution in [0.25, 0.3) is 0 Å². The second-order valence-corrected chi connectivity index (χ2v) is 11.7. The number of halogens is 3. The van der Waals surface area contributed by atoms with Crippen LogP contribution in [0.4, 0.5) is 5.69 Å². The SMILES string of the molecule is CC[C@@H](C(=O)NCC(C)C)N(Cc1ccc(Cl)cc1)C(=O)CN(c1cccc(Cl)c1Cl)S(C)(=O)=O. The molecule has 35 heavy (non-hydrogen) atoms. The fourth-order valence-electron chi connectivity index (χ4n) is 3.41. The van der Waals surface area contributed by atoms with E-state index >= 15 is 0 Å². The van der Waals surface area contributed by atoms with Gasteiger partial charge in [-0.25, -0.2) is 8.42 Å². The topological polar surface area (TPSA) is 86.8 Å². The Kier molecular flexibility index (Phi) is 10.7. The van der Waals surface area contributed by atoms with Crippen molar-refractivity contribution in [3.63, 3.8) is 0 Å². The highest BCUT2D eigenvalue weighted by atomic mass is 35.5. The molecule has 2 aromatic rings. The summed E-state index contributed by atoms with van der Waals surface area (Å²) in [6.07, 6.45) is 1.31. The molecule has 7 nitrogen and oxygen atoms in total. The highest BCUT2D eigenvalue weighted by Crippen LogP contribution is 2.33. The molecule has 0 saturated carbocycles. The van der Waals surface area contributed by atoms with E-state index in [9.17, 15) is 18.0 Å². The Morgan fingerprint density at radius 1 is 1.03 bits per heavy atom. The molecule has 2 amide bonds. The fourth-order valence-corrected chi connectivity index (χ4v) is 4.84. The summed E-state index contributed by atoms with van der Waals surface area (Å²) in [7, 11) is -3.91. The molecular formula is C24H30Cl3N3O4S. The maximum atomic E-state index is 13.6. The number of hydrogen-bond acceptors (Lipinski definition) is 4. The van der Waals surface area contributed by atoms with Gasteiger partial charge in [0.25, 0.3) is 0 Å². The maximum Gasteiger partial charge on any atom is 0.244 e. The van der Waals surface area contributed by atoms with E-state index in [2.05, 4.69) is 5.32 Å². The molecule has 0 spiro atoms. The zero-order valence-electron chi connectivity index (χ0n) is 20.1. The van der Waals surface area contributed by atoms with Crippen molar-refractivity contribution < 1.29 is 18.0 Å². The first-order valence-electron chi connectivity index (χ1n) is 11.1. The average molecular weight is 563 g/mol.